The van der Waals surface area contributed by atoms with Crippen LogP contribution in [0.25, 0.3) is 16.9 Å². The van der Waals surface area contributed by atoms with Gasteiger partial charge in [0.2, 0.25) is 0 Å². The quantitative estimate of drug-likeness (QED) is 0.658. The highest BCUT2D eigenvalue weighted by atomic mass is 35.5. The summed E-state index contributed by atoms with van der Waals surface area (Å²) in [7, 11) is 0. The molecule has 0 N–H and O–H groups in total. The third-order valence-corrected chi connectivity index (χ3v) is 3.02. The third-order valence-electron chi connectivity index (χ3n) is 2.78. The van der Waals surface area contributed by atoms with E-state index >= 15 is 0 Å². The molecule has 0 bridgehead atoms. The van der Waals surface area contributed by atoms with Gasteiger partial charge in [0.15, 0.2) is 6.29 Å². The molecule has 0 fully saturated rings. The van der Waals surface area contributed by atoms with Crippen LogP contribution >= 0.6 is 11.6 Å². The number of imidazole rings is 1. The van der Waals surface area contributed by atoms with E-state index in [0.29, 0.717) is 22.1 Å². The first-order chi connectivity index (χ1) is 8.79. The van der Waals surface area contributed by atoms with Gasteiger partial charge in [-0.15, -0.1) is 0 Å². The molecule has 1 aromatic carbocycles. The topological polar surface area (TPSA) is 34.4 Å². The number of aldehydes is 1. The highest BCUT2D eigenvalue weighted by Gasteiger charge is 2.12. The van der Waals surface area contributed by atoms with Gasteiger partial charge >= 0.3 is 0 Å². The summed E-state index contributed by atoms with van der Waals surface area (Å²) < 4.78 is 1.74. The summed E-state index contributed by atoms with van der Waals surface area (Å²) in [4.78, 5) is 15.7. The van der Waals surface area contributed by atoms with Crippen LogP contribution in [-0.2, 0) is 0 Å². The Bertz CT molecular complexity index is 719. The molecule has 0 radical (unpaired) electrons. The molecule has 3 nitrogen and oxygen atoms in total. The summed E-state index contributed by atoms with van der Waals surface area (Å²) in [6.45, 7) is 0. The van der Waals surface area contributed by atoms with Gasteiger partial charge < -0.3 is 0 Å². The van der Waals surface area contributed by atoms with Gasteiger partial charge in [-0.2, -0.15) is 0 Å². The zero-order chi connectivity index (χ0) is 12.5. The SMILES string of the molecule is O=Cc1c(-c2ccccc2)nc2cc(Cl)ccn12. The van der Waals surface area contributed by atoms with Crippen LogP contribution in [0.4, 0.5) is 0 Å². The Morgan fingerprint density at radius 1 is 1.17 bits per heavy atom. The minimum Gasteiger partial charge on any atom is -0.297 e. The Balaban J connectivity index is 2.33. The van der Waals surface area contributed by atoms with Crippen LogP contribution in [0.1, 0.15) is 10.5 Å². The van der Waals surface area contributed by atoms with E-state index in [9.17, 15) is 4.79 Å². The maximum atomic E-state index is 11.3. The number of hydrogen-bond acceptors (Lipinski definition) is 2. The monoisotopic (exact) mass is 256 g/mol. The Morgan fingerprint density at radius 2 is 1.94 bits per heavy atom. The van der Waals surface area contributed by atoms with Gasteiger partial charge in [0.25, 0.3) is 0 Å². The molecule has 0 atom stereocenters. The fourth-order valence-electron chi connectivity index (χ4n) is 1.96. The maximum Gasteiger partial charge on any atom is 0.169 e. The molecule has 0 spiro atoms. The second-order valence-electron chi connectivity index (χ2n) is 3.90. The van der Waals surface area contributed by atoms with Crippen molar-refractivity contribution in [2.45, 2.75) is 0 Å². The minimum absolute atomic E-state index is 0.535. The number of pyridine rings is 1. The lowest BCUT2D eigenvalue weighted by Gasteiger charge is -1.97. The summed E-state index contributed by atoms with van der Waals surface area (Å²) in [6.07, 6.45) is 2.57. The van der Waals surface area contributed by atoms with E-state index in [1.807, 2.05) is 30.3 Å². The second-order valence-corrected chi connectivity index (χ2v) is 4.34. The number of rotatable bonds is 2. The van der Waals surface area contributed by atoms with Gasteiger partial charge in [-0.25, -0.2) is 4.98 Å². The molecule has 4 heteroatoms. The van der Waals surface area contributed by atoms with Crippen molar-refractivity contribution in [2.75, 3.05) is 0 Å². The smallest absolute Gasteiger partial charge is 0.169 e. The number of halogens is 1. The zero-order valence-corrected chi connectivity index (χ0v) is 10.1. The number of aromatic nitrogens is 2. The second kappa shape index (κ2) is 4.27. The molecule has 0 amide bonds. The van der Waals surface area contributed by atoms with Crippen molar-refractivity contribution in [2.24, 2.45) is 0 Å². The lowest BCUT2D eigenvalue weighted by Crippen LogP contribution is -1.91. The van der Waals surface area contributed by atoms with Crippen LogP contribution in [0.3, 0.4) is 0 Å². The van der Waals surface area contributed by atoms with E-state index in [1.165, 1.54) is 0 Å². The van der Waals surface area contributed by atoms with Crippen molar-refractivity contribution in [3.8, 4) is 11.3 Å². The maximum absolute atomic E-state index is 11.3. The fraction of sp³-hybridized carbons (Fsp3) is 0. The van der Waals surface area contributed by atoms with Gasteiger partial charge in [-0.3, -0.25) is 9.20 Å². The number of carbonyl (C=O) groups excluding carboxylic acids is 1. The molecule has 0 saturated carbocycles. The number of benzene rings is 1. The largest absolute Gasteiger partial charge is 0.297 e. The molecule has 0 aliphatic carbocycles. The molecule has 2 heterocycles. The van der Waals surface area contributed by atoms with Crippen LogP contribution in [0, 0.1) is 0 Å². The minimum atomic E-state index is 0.535. The van der Waals surface area contributed by atoms with E-state index in [0.717, 1.165) is 11.8 Å². The molecular weight excluding hydrogens is 248 g/mol. The van der Waals surface area contributed by atoms with E-state index in [-0.39, 0.29) is 0 Å². The van der Waals surface area contributed by atoms with Gasteiger partial charge in [0.05, 0.1) is 0 Å². The number of fused-ring (bicyclic) bond motifs is 1. The van der Waals surface area contributed by atoms with Gasteiger partial charge in [-0.1, -0.05) is 41.9 Å². The molecular formula is C14H9ClN2O. The van der Waals surface area contributed by atoms with Crippen LogP contribution in [-0.4, -0.2) is 15.7 Å². The molecule has 2 aromatic heterocycles. The first-order valence-electron chi connectivity index (χ1n) is 5.48. The number of carbonyl (C=O) groups is 1. The molecule has 0 saturated heterocycles. The standard InChI is InChI=1S/C14H9ClN2O/c15-11-6-7-17-12(9-18)14(16-13(17)8-11)10-4-2-1-3-5-10/h1-9H. The van der Waals surface area contributed by atoms with Gasteiger partial charge in [-0.05, 0) is 6.07 Å². The number of nitrogens with zero attached hydrogens (tertiary/aromatic N) is 2. The Kier molecular flexibility index (Phi) is 2.61. The van der Waals surface area contributed by atoms with E-state index in [1.54, 1.807) is 22.7 Å². The van der Waals surface area contributed by atoms with E-state index in [2.05, 4.69) is 4.98 Å². The average Bonchev–Trinajstić information content (AvgIpc) is 2.77. The summed E-state index contributed by atoms with van der Waals surface area (Å²) in [6, 6.07) is 13.1. The van der Waals surface area contributed by atoms with Crippen LogP contribution in [0.15, 0.2) is 48.7 Å². The van der Waals surface area contributed by atoms with Crippen molar-refractivity contribution in [1.29, 1.82) is 0 Å². The molecule has 18 heavy (non-hydrogen) atoms. The Labute approximate surface area is 109 Å². The van der Waals surface area contributed by atoms with Crippen LogP contribution in [0.5, 0.6) is 0 Å². The predicted octanol–water partition coefficient (Wildman–Crippen LogP) is 3.47. The third kappa shape index (κ3) is 1.69. The summed E-state index contributed by atoms with van der Waals surface area (Å²) in [5.74, 6) is 0. The molecule has 0 aliphatic heterocycles. The molecule has 3 aromatic rings. The summed E-state index contributed by atoms with van der Waals surface area (Å²) in [5.41, 5.74) is 2.80. The van der Waals surface area contributed by atoms with E-state index < -0.39 is 0 Å². The lowest BCUT2D eigenvalue weighted by molar-refractivity contribution is 0.111. The summed E-state index contributed by atoms with van der Waals surface area (Å²) >= 11 is 5.93. The predicted molar refractivity (Wildman–Crippen MR) is 71.0 cm³/mol. The van der Waals surface area contributed by atoms with Crippen molar-refractivity contribution >= 4 is 23.5 Å². The molecule has 0 aliphatic rings. The van der Waals surface area contributed by atoms with Crippen molar-refractivity contribution in [1.82, 2.24) is 9.38 Å². The highest BCUT2D eigenvalue weighted by Crippen LogP contribution is 2.24. The normalized spacial score (nSPS) is 10.7. The average molecular weight is 257 g/mol. The van der Waals surface area contributed by atoms with Crippen molar-refractivity contribution < 1.29 is 4.79 Å². The Hall–Kier alpha value is -2.13. The molecule has 88 valence electrons. The lowest BCUT2D eigenvalue weighted by atomic mass is 10.1. The fourth-order valence-corrected chi connectivity index (χ4v) is 2.11. The first-order valence-corrected chi connectivity index (χ1v) is 5.85. The van der Waals surface area contributed by atoms with Crippen LogP contribution in [0.2, 0.25) is 5.02 Å². The van der Waals surface area contributed by atoms with Crippen LogP contribution < -0.4 is 0 Å². The summed E-state index contributed by atoms with van der Waals surface area (Å²) in [5, 5.41) is 0.601. The van der Waals surface area contributed by atoms with Crippen molar-refractivity contribution in [3.05, 3.63) is 59.4 Å². The molecule has 3 rings (SSSR count). The zero-order valence-electron chi connectivity index (χ0n) is 9.38. The highest BCUT2D eigenvalue weighted by molar-refractivity contribution is 6.30. The first kappa shape index (κ1) is 11.0. The van der Waals surface area contributed by atoms with E-state index in [4.69, 9.17) is 11.6 Å². The Morgan fingerprint density at radius 3 is 2.67 bits per heavy atom. The number of hydrogen-bond donors (Lipinski definition) is 0. The van der Waals surface area contributed by atoms with Gasteiger partial charge in [0, 0.05) is 22.8 Å². The van der Waals surface area contributed by atoms with Crippen molar-refractivity contribution in [3.63, 3.8) is 0 Å². The molecule has 0 unspecified atom stereocenters. The van der Waals surface area contributed by atoms with Gasteiger partial charge in [0.1, 0.15) is 17.0 Å².